The number of piperazine rings is 1. The van der Waals surface area contributed by atoms with Crippen LogP contribution in [0.15, 0.2) is 18.3 Å². The standard InChI is InChI=1S/C14H19ClN4O3/c1-2-22-14(21)19-8-6-18(7-9-19)10-12(20)17-11-4-3-5-16-13(11)15/h3-5H,2,6-10H2,1H3,(H,17,20)/p+1. The molecule has 1 saturated heterocycles. The molecule has 0 saturated carbocycles. The second kappa shape index (κ2) is 7.95. The minimum Gasteiger partial charge on any atom is -0.450 e. The monoisotopic (exact) mass is 327 g/mol. The molecule has 0 aromatic carbocycles. The van der Waals surface area contributed by atoms with Crippen molar-refractivity contribution >= 4 is 29.3 Å². The number of anilines is 1. The van der Waals surface area contributed by atoms with Gasteiger partial charge in [-0.1, -0.05) is 11.6 Å². The van der Waals surface area contributed by atoms with Crippen LogP contribution in [0.5, 0.6) is 0 Å². The third-order valence-corrected chi connectivity index (χ3v) is 3.74. The maximum atomic E-state index is 12.0. The average molecular weight is 328 g/mol. The van der Waals surface area contributed by atoms with Crippen LogP contribution in [0.3, 0.4) is 0 Å². The van der Waals surface area contributed by atoms with E-state index in [1.165, 1.54) is 0 Å². The van der Waals surface area contributed by atoms with E-state index in [0.29, 0.717) is 45.0 Å². The number of halogens is 1. The first kappa shape index (κ1) is 16.5. The van der Waals surface area contributed by atoms with Crippen molar-refractivity contribution in [3.8, 4) is 0 Å². The molecule has 2 rings (SSSR count). The van der Waals surface area contributed by atoms with E-state index in [2.05, 4.69) is 10.3 Å². The number of amides is 2. The lowest BCUT2D eigenvalue weighted by molar-refractivity contribution is -0.895. The SMILES string of the molecule is CCOC(=O)N1CC[NH+](CC(=O)Nc2cccnc2Cl)CC1. The Bertz CT molecular complexity index is 533. The first-order chi connectivity index (χ1) is 10.6. The number of nitrogens with one attached hydrogen (secondary N) is 2. The summed E-state index contributed by atoms with van der Waals surface area (Å²) in [5.74, 6) is -0.116. The molecule has 2 N–H and O–H groups in total. The predicted molar refractivity (Wildman–Crippen MR) is 82.0 cm³/mol. The van der Waals surface area contributed by atoms with Gasteiger partial charge in [-0.05, 0) is 19.1 Å². The Labute approximate surface area is 134 Å². The van der Waals surface area contributed by atoms with Gasteiger partial charge in [0.15, 0.2) is 11.7 Å². The Morgan fingerprint density at radius 1 is 1.45 bits per heavy atom. The number of quaternary nitrogens is 1. The lowest BCUT2D eigenvalue weighted by Gasteiger charge is -2.31. The summed E-state index contributed by atoms with van der Waals surface area (Å²) in [5.41, 5.74) is 0.513. The zero-order valence-corrected chi connectivity index (χ0v) is 13.2. The molecule has 0 spiro atoms. The van der Waals surface area contributed by atoms with Gasteiger partial charge in [-0.2, -0.15) is 0 Å². The number of carbonyl (C=O) groups excluding carboxylic acids is 2. The molecule has 8 heteroatoms. The number of pyridine rings is 1. The van der Waals surface area contributed by atoms with Gasteiger partial charge in [0, 0.05) is 6.20 Å². The van der Waals surface area contributed by atoms with E-state index >= 15 is 0 Å². The number of carbonyl (C=O) groups is 2. The molecular weight excluding hydrogens is 308 g/mol. The maximum absolute atomic E-state index is 12.0. The number of hydrogen-bond acceptors (Lipinski definition) is 4. The number of aromatic nitrogens is 1. The zero-order chi connectivity index (χ0) is 15.9. The second-order valence-corrected chi connectivity index (χ2v) is 5.36. The number of ether oxygens (including phenoxy) is 1. The Balaban J connectivity index is 1.77. The Hall–Kier alpha value is -1.86. The molecule has 1 aliphatic rings. The van der Waals surface area contributed by atoms with Gasteiger partial charge in [0.25, 0.3) is 5.91 Å². The average Bonchev–Trinajstić information content (AvgIpc) is 2.50. The zero-order valence-electron chi connectivity index (χ0n) is 12.5. The molecule has 1 aromatic rings. The van der Waals surface area contributed by atoms with E-state index in [-0.39, 0.29) is 17.2 Å². The van der Waals surface area contributed by atoms with E-state index < -0.39 is 0 Å². The van der Waals surface area contributed by atoms with E-state index in [0.717, 1.165) is 4.90 Å². The largest absolute Gasteiger partial charge is 0.450 e. The van der Waals surface area contributed by atoms with E-state index in [9.17, 15) is 9.59 Å². The van der Waals surface area contributed by atoms with E-state index in [4.69, 9.17) is 16.3 Å². The third-order valence-electron chi connectivity index (χ3n) is 3.44. The molecule has 1 aliphatic heterocycles. The number of hydrogen-bond donors (Lipinski definition) is 2. The molecule has 22 heavy (non-hydrogen) atoms. The van der Waals surface area contributed by atoms with Gasteiger partial charge in [0.1, 0.15) is 0 Å². The van der Waals surface area contributed by atoms with Crippen LogP contribution in [0.2, 0.25) is 5.15 Å². The molecule has 1 fully saturated rings. The molecule has 0 aliphatic carbocycles. The predicted octanol–water partition coefficient (Wildman–Crippen LogP) is 0.0305. The van der Waals surface area contributed by atoms with Gasteiger partial charge >= 0.3 is 6.09 Å². The molecule has 0 atom stereocenters. The first-order valence-electron chi connectivity index (χ1n) is 7.25. The fourth-order valence-electron chi connectivity index (χ4n) is 2.30. The van der Waals surface area contributed by atoms with Crippen molar-refractivity contribution in [3.05, 3.63) is 23.5 Å². The highest BCUT2D eigenvalue weighted by Crippen LogP contribution is 2.16. The summed E-state index contributed by atoms with van der Waals surface area (Å²) in [6.07, 6.45) is 1.28. The van der Waals surface area contributed by atoms with Gasteiger partial charge in [0.2, 0.25) is 0 Å². The summed E-state index contributed by atoms with van der Waals surface area (Å²) in [5, 5.41) is 3.03. The molecule has 2 amide bonds. The highest BCUT2D eigenvalue weighted by molar-refractivity contribution is 6.32. The number of nitrogens with zero attached hydrogens (tertiary/aromatic N) is 2. The van der Waals surface area contributed by atoms with Gasteiger partial charge in [-0.3, -0.25) is 9.69 Å². The fraction of sp³-hybridized carbons (Fsp3) is 0.500. The summed E-state index contributed by atoms with van der Waals surface area (Å²) >= 11 is 5.90. The van der Waals surface area contributed by atoms with E-state index in [1.54, 1.807) is 30.2 Å². The van der Waals surface area contributed by atoms with Crippen molar-refractivity contribution in [1.29, 1.82) is 0 Å². The van der Waals surface area contributed by atoms with Gasteiger partial charge < -0.3 is 15.0 Å². The Morgan fingerprint density at radius 3 is 2.82 bits per heavy atom. The van der Waals surface area contributed by atoms with E-state index in [1.807, 2.05) is 0 Å². The lowest BCUT2D eigenvalue weighted by Crippen LogP contribution is -3.15. The molecule has 0 radical (unpaired) electrons. The van der Waals surface area contributed by atoms with Gasteiger partial charge in [-0.25, -0.2) is 9.78 Å². The summed E-state index contributed by atoms with van der Waals surface area (Å²) in [7, 11) is 0. The topological polar surface area (TPSA) is 76.0 Å². The molecule has 0 unspecified atom stereocenters. The van der Waals surface area contributed by atoms with Crippen LogP contribution >= 0.6 is 11.6 Å². The van der Waals surface area contributed by atoms with Crippen LogP contribution in [-0.4, -0.2) is 61.2 Å². The lowest BCUT2D eigenvalue weighted by atomic mass is 10.3. The van der Waals surface area contributed by atoms with Crippen molar-refractivity contribution < 1.29 is 19.2 Å². The molecule has 120 valence electrons. The van der Waals surface area contributed by atoms with Crippen molar-refractivity contribution in [3.63, 3.8) is 0 Å². The Kier molecular flexibility index (Phi) is 5.97. The first-order valence-corrected chi connectivity index (χ1v) is 7.63. The van der Waals surface area contributed by atoms with Crippen molar-refractivity contribution in [2.75, 3.05) is 44.6 Å². The smallest absolute Gasteiger partial charge is 0.410 e. The fourth-order valence-corrected chi connectivity index (χ4v) is 2.46. The van der Waals surface area contributed by atoms with Crippen LogP contribution in [0, 0.1) is 0 Å². The summed E-state index contributed by atoms with van der Waals surface area (Å²) < 4.78 is 4.97. The molecule has 1 aromatic heterocycles. The maximum Gasteiger partial charge on any atom is 0.410 e. The molecular formula is C14H20ClN4O3+. The quantitative estimate of drug-likeness (QED) is 0.765. The van der Waals surface area contributed by atoms with Gasteiger partial charge in [0.05, 0.1) is 38.5 Å². The molecule has 2 heterocycles. The Morgan fingerprint density at radius 2 is 2.18 bits per heavy atom. The third kappa shape index (κ3) is 4.57. The van der Waals surface area contributed by atoms with Gasteiger partial charge in [-0.15, -0.1) is 0 Å². The van der Waals surface area contributed by atoms with Crippen LogP contribution in [0.1, 0.15) is 6.92 Å². The summed E-state index contributed by atoms with van der Waals surface area (Å²) in [4.78, 5) is 30.3. The van der Waals surface area contributed by atoms with Crippen LogP contribution in [0.4, 0.5) is 10.5 Å². The minimum absolute atomic E-state index is 0.116. The van der Waals surface area contributed by atoms with Crippen LogP contribution in [-0.2, 0) is 9.53 Å². The second-order valence-electron chi connectivity index (χ2n) is 5.00. The van der Waals surface area contributed by atoms with Crippen molar-refractivity contribution in [2.24, 2.45) is 0 Å². The highest BCUT2D eigenvalue weighted by atomic mass is 35.5. The van der Waals surface area contributed by atoms with Crippen LogP contribution < -0.4 is 10.2 Å². The van der Waals surface area contributed by atoms with Crippen LogP contribution in [0.25, 0.3) is 0 Å². The summed E-state index contributed by atoms with van der Waals surface area (Å²) in [6.45, 7) is 5.11. The normalized spacial score (nSPS) is 15.5. The summed E-state index contributed by atoms with van der Waals surface area (Å²) in [6, 6.07) is 3.42. The highest BCUT2D eigenvalue weighted by Gasteiger charge is 2.26. The number of rotatable bonds is 4. The van der Waals surface area contributed by atoms with Crippen molar-refractivity contribution in [2.45, 2.75) is 6.92 Å². The minimum atomic E-state index is -0.284. The molecule has 0 bridgehead atoms. The van der Waals surface area contributed by atoms with Crippen molar-refractivity contribution in [1.82, 2.24) is 9.88 Å². The molecule has 7 nitrogen and oxygen atoms in total.